The highest BCUT2D eigenvalue weighted by Crippen LogP contribution is 2.28. The molecule has 2 atom stereocenters. The number of nitrogens with one attached hydrogen (secondary N) is 1. The number of benzene rings is 1. The Hall–Kier alpha value is -2.74. The Labute approximate surface area is 224 Å². The molecule has 0 radical (unpaired) electrons. The summed E-state index contributed by atoms with van der Waals surface area (Å²) in [5.41, 5.74) is 0.964. The molecule has 0 bridgehead atoms. The van der Waals surface area contributed by atoms with Gasteiger partial charge in [0.1, 0.15) is 12.2 Å². The maximum Gasteiger partial charge on any atom is 0.334 e. The van der Waals surface area contributed by atoms with Gasteiger partial charge in [-0.1, -0.05) is 49.6 Å². The van der Waals surface area contributed by atoms with Crippen LogP contribution in [0.3, 0.4) is 0 Å². The zero-order valence-corrected chi connectivity index (χ0v) is 22.8. The molecule has 2 aliphatic heterocycles. The van der Waals surface area contributed by atoms with Gasteiger partial charge in [-0.25, -0.2) is 9.80 Å². The van der Waals surface area contributed by atoms with E-state index in [1.807, 2.05) is 36.6 Å². The van der Waals surface area contributed by atoms with E-state index in [-0.39, 0.29) is 37.5 Å². The zero-order chi connectivity index (χ0) is 26.6. The Morgan fingerprint density at radius 3 is 2.68 bits per heavy atom. The van der Waals surface area contributed by atoms with Gasteiger partial charge in [-0.3, -0.25) is 9.59 Å². The van der Waals surface area contributed by atoms with Crippen molar-refractivity contribution in [2.24, 2.45) is 0 Å². The number of carbonyl (C=O) groups is 3. The minimum absolute atomic E-state index is 0.0478. The number of carbonyl (C=O) groups excluding carboxylic acids is 3. The van der Waals surface area contributed by atoms with Crippen LogP contribution in [0, 0.1) is 12.3 Å². The normalized spacial score (nSPS) is 20.1. The van der Waals surface area contributed by atoms with Gasteiger partial charge in [0, 0.05) is 26.3 Å². The van der Waals surface area contributed by atoms with Crippen molar-refractivity contribution in [3.05, 3.63) is 35.9 Å². The molecule has 1 aromatic carbocycles. The van der Waals surface area contributed by atoms with Crippen LogP contribution in [0.15, 0.2) is 30.3 Å². The summed E-state index contributed by atoms with van der Waals surface area (Å²) in [5, 5.41) is 6.13. The Morgan fingerprint density at radius 1 is 1.22 bits per heavy atom. The first-order chi connectivity index (χ1) is 18.0. The topological polar surface area (TPSA) is 85.4 Å². The standard InChI is InChI=1S/C27H39N5O4S/c1-4-6-16-36-17-10-15-29-20-24-31(23(26(29)34)13-18-37-3)25(33)21-30(14-5-2)32(24)27(35)28-19-22-11-8-7-9-12-22/h2,7-9,11-12,23-24H,4,6,10,13-21H2,1,3H3,(H,28,35)/t23-,24-/m0/s1. The summed E-state index contributed by atoms with van der Waals surface area (Å²) in [6, 6.07) is 8.67. The molecule has 1 aromatic rings. The van der Waals surface area contributed by atoms with Crippen molar-refractivity contribution >= 4 is 29.6 Å². The summed E-state index contributed by atoms with van der Waals surface area (Å²) in [7, 11) is 0. The molecule has 0 saturated carbocycles. The fraction of sp³-hybridized carbons (Fsp3) is 0.593. The zero-order valence-electron chi connectivity index (χ0n) is 21.9. The van der Waals surface area contributed by atoms with Gasteiger partial charge >= 0.3 is 6.03 Å². The lowest BCUT2D eigenvalue weighted by Gasteiger charge is -2.55. The molecule has 4 amide bonds. The third-order valence-corrected chi connectivity index (χ3v) is 7.20. The molecule has 0 aromatic heterocycles. The van der Waals surface area contributed by atoms with Gasteiger partial charge in [0.05, 0.1) is 19.6 Å². The largest absolute Gasteiger partial charge is 0.381 e. The van der Waals surface area contributed by atoms with Gasteiger partial charge in [0.15, 0.2) is 0 Å². The molecule has 2 aliphatic rings. The number of fused-ring (bicyclic) bond motifs is 1. The third kappa shape index (κ3) is 7.63. The highest BCUT2D eigenvalue weighted by atomic mass is 32.2. The van der Waals surface area contributed by atoms with Crippen molar-refractivity contribution < 1.29 is 19.1 Å². The summed E-state index contributed by atoms with van der Waals surface area (Å²) in [6.45, 7) is 4.54. The van der Waals surface area contributed by atoms with E-state index in [1.165, 1.54) is 0 Å². The lowest BCUT2D eigenvalue weighted by Crippen LogP contribution is -2.76. The molecule has 0 aliphatic carbocycles. The van der Waals surface area contributed by atoms with E-state index in [1.54, 1.807) is 31.6 Å². The first-order valence-corrected chi connectivity index (χ1v) is 14.4. The van der Waals surface area contributed by atoms with Crippen molar-refractivity contribution in [3.63, 3.8) is 0 Å². The Morgan fingerprint density at radius 2 is 1.97 bits per heavy atom. The van der Waals surface area contributed by atoms with Gasteiger partial charge < -0.3 is 19.9 Å². The average Bonchev–Trinajstić information content (AvgIpc) is 2.90. The van der Waals surface area contributed by atoms with E-state index >= 15 is 0 Å². The van der Waals surface area contributed by atoms with Gasteiger partial charge in [0.25, 0.3) is 0 Å². The second-order valence-corrected chi connectivity index (χ2v) is 10.2. The Bertz CT molecular complexity index is 940. The SMILES string of the molecule is C#CCN1CC(=O)N2[C@@H](CCSC)C(=O)N(CCCOCCCC)C[C@@H]2N1C(=O)NCc1ccccc1. The highest BCUT2D eigenvalue weighted by molar-refractivity contribution is 7.98. The number of ether oxygens (including phenoxy) is 1. The molecule has 2 heterocycles. The second kappa shape index (κ2) is 14.9. The minimum atomic E-state index is -0.629. The maximum absolute atomic E-state index is 13.5. The monoisotopic (exact) mass is 529 g/mol. The Kier molecular flexibility index (Phi) is 11.6. The smallest absolute Gasteiger partial charge is 0.334 e. The van der Waals surface area contributed by atoms with Crippen LogP contribution in [-0.2, 0) is 20.9 Å². The van der Waals surface area contributed by atoms with Crippen molar-refractivity contribution in [3.8, 4) is 12.3 Å². The first kappa shape index (κ1) is 28.8. The van der Waals surface area contributed by atoms with Crippen molar-refractivity contribution in [1.82, 2.24) is 25.1 Å². The van der Waals surface area contributed by atoms with E-state index in [0.29, 0.717) is 39.1 Å². The molecule has 9 nitrogen and oxygen atoms in total. The predicted molar refractivity (Wildman–Crippen MR) is 145 cm³/mol. The fourth-order valence-corrected chi connectivity index (χ4v) is 5.16. The molecule has 2 fully saturated rings. The number of hydrazine groups is 1. The average molecular weight is 530 g/mol. The van der Waals surface area contributed by atoms with Crippen LogP contribution >= 0.6 is 11.8 Å². The molecule has 0 unspecified atom stereocenters. The van der Waals surface area contributed by atoms with E-state index in [4.69, 9.17) is 11.2 Å². The number of hydrogen-bond donors (Lipinski definition) is 1. The number of terminal acetylenes is 1. The van der Waals surface area contributed by atoms with Crippen molar-refractivity contribution in [1.29, 1.82) is 0 Å². The molecule has 2 saturated heterocycles. The number of nitrogens with zero attached hydrogens (tertiary/aromatic N) is 4. The van der Waals surface area contributed by atoms with Crippen LogP contribution in [0.5, 0.6) is 0 Å². The van der Waals surface area contributed by atoms with Crippen LogP contribution in [0.1, 0.15) is 38.2 Å². The van der Waals surface area contributed by atoms with E-state index in [9.17, 15) is 14.4 Å². The molecule has 1 N–H and O–H groups in total. The number of thioether (sulfide) groups is 1. The molecule has 10 heteroatoms. The van der Waals surface area contributed by atoms with Crippen molar-refractivity contribution in [2.75, 3.05) is 51.4 Å². The molecular weight excluding hydrogens is 490 g/mol. The van der Waals surface area contributed by atoms with Gasteiger partial charge in [-0.05, 0) is 36.8 Å². The molecule has 0 spiro atoms. The van der Waals surface area contributed by atoms with E-state index < -0.39 is 12.2 Å². The van der Waals surface area contributed by atoms with Crippen LogP contribution < -0.4 is 5.32 Å². The number of unbranched alkanes of at least 4 members (excludes halogenated alkanes) is 1. The van der Waals surface area contributed by atoms with Crippen LogP contribution in [0.25, 0.3) is 0 Å². The number of urea groups is 1. The van der Waals surface area contributed by atoms with E-state index in [2.05, 4.69) is 18.2 Å². The summed E-state index contributed by atoms with van der Waals surface area (Å²) in [5.74, 6) is 3.05. The summed E-state index contributed by atoms with van der Waals surface area (Å²) < 4.78 is 5.69. The number of piperazine rings is 1. The third-order valence-electron chi connectivity index (χ3n) is 6.55. The van der Waals surface area contributed by atoms with Crippen LogP contribution in [0.2, 0.25) is 0 Å². The predicted octanol–water partition coefficient (Wildman–Crippen LogP) is 2.39. The lowest BCUT2D eigenvalue weighted by molar-refractivity contribution is -0.189. The van der Waals surface area contributed by atoms with Crippen molar-refractivity contribution in [2.45, 2.75) is 51.4 Å². The number of rotatable bonds is 13. The molecular formula is C27H39N5O4S. The Balaban J connectivity index is 1.81. The minimum Gasteiger partial charge on any atom is -0.381 e. The van der Waals surface area contributed by atoms with Gasteiger partial charge in [-0.2, -0.15) is 16.8 Å². The van der Waals surface area contributed by atoms with Gasteiger partial charge in [-0.15, -0.1) is 6.42 Å². The van der Waals surface area contributed by atoms with Crippen LogP contribution in [-0.4, -0.2) is 101 Å². The van der Waals surface area contributed by atoms with E-state index in [0.717, 1.165) is 24.2 Å². The molecule has 37 heavy (non-hydrogen) atoms. The first-order valence-electron chi connectivity index (χ1n) is 13.0. The van der Waals surface area contributed by atoms with Crippen LogP contribution in [0.4, 0.5) is 4.79 Å². The fourth-order valence-electron chi connectivity index (χ4n) is 4.71. The highest BCUT2D eigenvalue weighted by Gasteiger charge is 2.50. The quantitative estimate of drug-likeness (QED) is 0.312. The second-order valence-electron chi connectivity index (χ2n) is 9.20. The molecule has 202 valence electrons. The summed E-state index contributed by atoms with van der Waals surface area (Å²) >= 11 is 1.63. The van der Waals surface area contributed by atoms with Gasteiger partial charge in [0.2, 0.25) is 11.8 Å². The number of amides is 4. The lowest BCUT2D eigenvalue weighted by atomic mass is 10.0. The summed E-state index contributed by atoms with van der Waals surface area (Å²) in [6.07, 6.45) is 10.3. The number of hydrogen-bond acceptors (Lipinski definition) is 6. The maximum atomic E-state index is 13.5. The molecule has 3 rings (SSSR count). The summed E-state index contributed by atoms with van der Waals surface area (Å²) in [4.78, 5) is 43.7.